The van der Waals surface area contributed by atoms with Crippen molar-refractivity contribution in [3.05, 3.63) is 131 Å². The largest absolute Gasteiger partial charge is 0.458 e. The topological polar surface area (TPSA) is 152 Å². The van der Waals surface area contributed by atoms with Crippen LogP contribution in [0.1, 0.15) is 55.9 Å². The van der Waals surface area contributed by atoms with Crippen molar-refractivity contribution in [2.24, 2.45) is 0 Å². The van der Waals surface area contributed by atoms with Crippen LogP contribution in [0.25, 0.3) is 11.1 Å². The highest BCUT2D eigenvalue weighted by molar-refractivity contribution is 5.93. The Hall–Kier alpha value is -5.97. The standard InChI is InChI=1S/C42H46N4O7/c1-27(44-41(51)52-26-34-32-21-13-11-19-30(32)31-20-12-14-22-33(31)34)38(48)46-35(23-28-15-7-5-8-16-28)39(49)43-25-37(47)45-36(40(50)53-42(2,3)4)24-29-17-9-6-10-18-29/h5-22,27,34-36H,23-26H2,1-4H3,(H,43,49)(H,44,51)(H,45,47)(H,46,48)/t27-,35-,36-/m0/s1. The van der Waals surface area contributed by atoms with E-state index >= 15 is 0 Å². The van der Waals surface area contributed by atoms with Gasteiger partial charge in [0, 0.05) is 18.8 Å². The Labute approximate surface area is 309 Å². The van der Waals surface area contributed by atoms with Gasteiger partial charge in [0.15, 0.2) is 0 Å². The number of nitrogens with one attached hydrogen (secondary N) is 4. The lowest BCUT2D eigenvalue weighted by molar-refractivity contribution is -0.158. The van der Waals surface area contributed by atoms with Gasteiger partial charge in [-0.15, -0.1) is 0 Å². The first kappa shape index (κ1) is 38.3. The van der Waals surface area contributed by atoms with E-state index in [0.29, 0.717) is 0 Å². The van der Waals surface area contributed by atoms with E-state index in [9.17, 15) is 24.0 Å². The quantitative estimate of drug-likeness (QED) is 0.137. The first-order valence-electron chi connectivity index (χ1n) is 17.7. The molecule has 0 fully saturated rings. The summed E-state index contributed by atoms with van der Waals surface area (Å²) in [7, 11) is 0. The third-order valence-corrected chi connectivity index (χ3v) is 8.72. The van der Waals surface area contributed by atoms with Gasteiger partial charge in [-0.2, -0.15) is 0 Å². The molecule has 11 nitrogen and oxygen atoms in total. The van der Waals surface area contributed by atoms with Gasteiger partial charge in [0.1, 0.15) is 30.3 Å². The van der Waals surface area contributed by atoms with E-state index in [4.69, 9.17) is 9.47 Å². The first-order chi connectivity index (χ1) is 25.4. The number of benzene rings is 4. The van der Waals surface area contributed by atoms with Crippen LogP contribution in [-0.4, -0.2) is 66.7 Å². The summed E-state index contributed by atoms with van der Waals surface area (Å²) >= 11 is 0. The fourth-order valence-electron chi connectivity index (χ4n) is 6.19. The fraction of sp³-hybridized carbons (Fsp3) is 0.310. The maximum absolute atomic E-state index is 13.5. The van der Waals surface area contributed by atoms with Gasteiger partial charge in [0.2, 0.25) is 17.7 Å². The summed E-state index contributed by atoms with van der Waals surface area (Å²) in [6.45, 7) is 6.33. The average Bonchev–Trinajstić information content (AvgIpc) is 3.46. The van der Waals surface area contributed by atoms with Crippen LogP contribution in [0.15, 0.2) is 109 Å². The second kappa shape index (κ2) is 17.5. The van der Waals surface area contributed by atoms with E-state index in [0.717, 1.165) is 33.4 Å². The zero-order chi connectivity index (χ0) is 38.0. The monoisotopic (exact) mass is 718 g/mol. The van der Waals surface area contributed by atoms with Crippen molar-refractivity contribution >= 4 is 29.8 Å². The van der Waals surface area contributed by atoms with Gasteiger partial charge in [-0.25, -0.2) is 9.59 Å². The van der Waals surface area contributed by atoms with Gasteiger partial charge in [-0.05, 0) is 61.1 Å². The zero-order valence-electron chi connectivity index (χ0n) is 30.4. The number of amides is 4. The third kappa shape index (κ3) is 10.8. The molecule has 0 bridgehead atoms. The minimum atomic E-state index is -1.09. The number of ether oxygens (including phenoxy) is 2. The van der Waals surface area contributed by atoms with Crippen LogP contribution in [0.3, 0.4) is 0 Å². The average molecular weight is 719 g/mol. The predicted octanol–water partition coefficient (Wildman–Crippen LogP) is 4.83. The molecule has 276 valence electrons. The molecule has 0 radical (unpaired) electrons. The lowest BCUT2D eigenvalue weighted by Gasteiger charge is -2.25. The van der Waals surface area contributed by atoms with Crippen molar-refractivity contribution in [2.45, 2.75) is 70.2 Å². The first-order valence-corrected chi connectivity index (χ1v) is 17.7. The number of rotatable bonds is 14. The lowest BCUT2D eigenvalue weighted by atomic mass is 9.98. The summed E-state index contributed by atoms with van der Waals surface area (Å²) in [5, 5.41) is 10.5. The highest BCUT2D eigenvalue weighted by Crippen LogP contribution is 2.44. The van der Waals surface area contributed by atoms with Crippen molar-refractivity contribution in [2.75, 3.05) is 13.2 Å². The van der Waals surface area contributed by atoms with Crippen molar-refractivity contribution in [3.8, 4) is 11.1 Å². The maximum atomic E-state index is 13.5. The molecule has 4 amide bonds. The second-order valence-electron chi connectivity index (χ2n) is 14.0. The summed E-state index contributed by atoms with van der Waals surface area (Å²) in [6, 6.07) is 31.1. The summed E-state index contributed by atoms with van der Waals surface area (Å²) in [6.07, 6.45) is -0.464. The van der Waals surface area contributed by atoms with E-state index in [-0.39, 0.29) is 25.4 Å². The number of esters is 1. The highest BCUT2D eigenvalue weighted by atomic mass is 16.6. The molecule has 4 aromatic carbocycles. The number of carbonyl (C=O) groups excluding carboxylic acids is 5. The molecule has 1 aliphatic rings. The summed E-state index contributed by atoms with van der Waals surface area (Å²) < 4.78 is 11.1. The van der Waals surface area contributed by atoms with Crippen LogP contribution in [0.5, 0.6) is 0 Å². The van der Waals surface area contributed by atoms with Crippen LogP contribution >= 0.6 is 0 Å². The van der Waals surface area contributed by atoms with Crippen molar-refractivity contribution in [1.29, 1.82) is 0 Å². The smallest absolute Gasteiger partial charge is 0.407 e. The van der Waals surface area contributed by atoms with Gasteiger partial charge in [-0.1, -0.05) is 109 Å². The Kier molecular flexibility index (Phi) is 12.6. The maximum Gasteiger partial charge on any atom is 0.407 e. The molecule has 0 aliphatic heterocycles. The molecule has 11 heteroatoms. The van der Waals surface area contributed by atoms with Crippen LogP contribution in [0.4, 0.5) is 4.79 Å². The lowest BCUT2D eigenvalue weighted by Crippen LogP contribution is -2.55. The second-order valence-corrected chi connectivity index (χ2v) is 14.0. The van der Waals surface area contributed by atoms with Crippen LogP contribution < -0.4 is 21.3 Å². The molecule has 4 N–H and O–H groups in total. The Bertz CT molecular complexity index is 1860. The number of alkyl carbamates (subject to hydrolysis) is 1. The minimum Gasteiger partial charge on any atom is -0.458 e. The third-order valence-electron chi connectivity index (χ3n) is 8.72. The van der Waals surface area contributed by atoms with Gasteiger partial charge >= 0.3 is 12.1 Å². The van der Waals surface area contributed by atoms with Crippen LogP contribution in [0, 0.1) is 0 Å². The van der Waals surface area contributed by atoms with Crippen molar-refractivity contribution < 1.29 is 33.4 Å². The van der Waals surface area contributed by atoms with E-state index in [1.807, 2.05) is 109 Å². The number of hydrogen-bond donors (Lipinski definition) is 4. The number of hydrogen-bond acceptors (Lipinski definition) is 7. The molecular weight excluding hydrogens is 672 g/mol. The molecule has 5 rings (SSSR count). The molecule has 0 aromatic heterocycles. The normalized spacial score (nSPS) is 13.7. The van der Waals surface area contributed by atoms with Gasteiger partial charge < -0.3 is 30.7 Å². The molecule has 4 aromatic rings. The van der Waals surface area contributed by atoms with Gasteiger partial charge in [0.05, 0.1) is 6.54 Å². The zero-order valence-corrected chi connectivity index (χ0v) is 30.4. The van der Waals surface area contributed by atoms with Crippen molar-refractivity contribution in [3.63, 3.8) is 0 Å². The van der Waals surface area contributed by atoms with Crippen molar-refractivity contribution in [1.82, 2.24) is 21.3 Å². The van der Waals surface area contributed by atoms with E-state index < -0.39 is 60.1 Å². The molecule has 0 saturated carbocycles. The molecule has 53 heavy (non-hydrogen) atoms. The Morgan fingerprint density at radius 1 is 0.642 bits per heavy atom. The highest BCUT2D eigenvalue weighted by Gasteiger charge is 2.31. The summed E-state index contributed by atoms with van der Waals surface area (Å²) in [4.78, 5) is 65.7. The van der Waals surface area contributed by atoms with Gasteiger partial charge in [-0.3, -0.25) is 14.4 Å². The van der Waals surface area contributed by atoms with E-state index in [1.165, 1.54) is 6.92 Å². The molecule has 3 atom stereocenters. The Balaban J connectivity index is 1.17. The van der Waals surface area contributed by atoms with Crippen LogP contribution in [0.2, 0.25) is 0 Å². The van der Waals surface area contributed by atoms with E-state index in [1.54, 1.807) is 20.8 Å². The van der Waals surface area contributed by atoms with E-state index in [2.05, 4.69) is 21.3 Å². The van der Waals surface area contributed by atoms with Gasteiger partial charge in [0.25, 0.3) is 0 Å². The predicted molar refractivity (Wildman–Crippen MR) is 201 cm³/mol. The summed E-state index contributed by atoms with van der Waals surface area (Å²) in [5.41, 5.74) is 5.13. The van der Waals surface area contributed by atoms with Crippen LogP contribution in [-0.2, 0) is 41.5 Å². The molecular formula is C42H46N4O7. The number of carbonyl (C=O) groups is 5. The fourth-order valence-corrected chi connectivity index (χ4v) is 6.19. The number of fused-ring (bicyclic) bond motifs is 3. The molecule has 0 spiro atoms. The molecule has 1 aliphatic carbocycles. The minimum absolute atomic E-state index is 0.0788. The molecule has 0 unspecified atom stereocenters. The summed E-state index contributed by atoms with van der Waals surface area (Å²) in [5.74, 6) is -2.60. The Morgan fingerprint density at radius 3 is 1.70 bits per heavy atom. The molecule has 0 saturated heterocycles. The molecule has 0 heterocycles. The Morgan fingerprint density at radius 2 is 1.15 bits per heavy atom. The SMILES string of the molecule is C[C@H](NC(=O)OCC1c2ccccc2-c2ccccc21)C(=O)N[C@@H](Cc1ccccc1)C(=O)NCC(=O)N[C@@H](Cc1ccccc1)C(=O)OC(C)(C)C.